The van der Waals surface area contributed by atoms with Crippen molar-refractivity contribution in [3.05, 3.63) is 0 Å². The summed E-state index contributed by atoms with van der Waals surface area (Å²) in [6, 6.07) is 0.653. The van der Waals surface area contributed by atoms with E-state index < -0.39 is 10.8 Å². The first-order valence-electron chi connectivity index (χ1n) is 7.83. The molecule has 112 valence electrons. The molecule has 0 aromatic rings. The normalized spacial score (nSPS) is 32.8. The van der Waals surface area contributed by atoms with E-state index in [9.17, 15) is 4.21 Å². The molecule has 2 rings (SSSR count). The molecule has 1 heterocycles. The summed E-state index contributed by atoms with van der Waals surface area (Å²) >= 11 is 0. The largest absolute Gasteiger partial charge is 0.313 e. The highest BCUT2D eigenvalue weighted by Gasteiger charge is 2.41. The molecule has 1 N–H and O–H groups in total. The molecule has 0 aromatic carbocycles. The highest BCUT2D eigenvalue weighted by molar-refractivity contribution is 7.85. The molecule has 3 nitrogen and oxygen atoms in total. The Hall–Kier alpha value is 0.0700. The van der Waals surface area contributed by atoms with Crippen LogP contribution >= 0.6 is 0 Å². The van der Waals surface area contributed by atoms with Gasteiger partial charge >= 0.3 is 0 Å². The van der Waals surface area contributed by atoms with Crippen molar-refractivity contribution >= 4 is 10.8 Å². The lowest BCUT2D eigenvalue weighted by Gasteiger charge is -2.35. The molecule has 2 atom stereocenters. The molecule has 2 fully saturated rings. The summed E-state index contributed by atoms with van der Waals surface area (Å²) in [6.45, 7) is 11.5. The van der Waals surface area contributed by atoms with Gasteiger partial charge in [0.2, 0.25) is 0 Å². The van der Waals surface area contributed by atoms with Gasteiger partial charge in [-0.05, 0) is 37.1 Å². The van der Waals surface area contributed by atoms with Crippen molar-refractivity contribution in [2.75, 3.05) is 37.7 Å². The maximum Gasteiger partial charge on any atom is 0.0363 e. The fraction of sp³-hybridized carbons (Fsp3) is 1.00. The van der Waals surface area contributed by atoms with E-state index in [1.54, 1.807) is 0 Å². The standard InChI is InChI=1S/C15H30N2OS/c1-4-7-16-14-13(5-6-15(14,2)3)12-17-8-10-19(18)11-9-17/h13-14,16H,4-12H2,1-3H3. The van der Waals surface area contributed by atoms with Gasteiger partial charge in [0.05, 0.1) is 0 Å². The van der Waals surface area contributed by atoms with E-state index in [-0.39, 0.29) is 0 Å². The van der Waals surface area contributed by atoms with E-state index in [0.717, 1.165) is 37.1 Å². The maximum atomic E-state index is 11.4. The third kappa shape index (κ3) is 4.02. The lowest BCUT2D eigenvalue weighted by Crippen LogP contribution is -2.48. The van der Waals surface area contributed by atoms with Crippen LogP contribution < -0.4 is 5.32 Å². The third-order valence-corrected chi connectivity index (χ3v) is 6.13. The number of nitrogens with one attached hydrogen (secondary N) is 1. The van der Waals surface area contributed by atoms with Gasteiger partial charge in [-0.2, -0.15) is 0 Å². The van der Waals surface area contributed by atoms with E-state index >= 15 is 0 Å². The predicted octanol–water partition coefficient (Wildman–Crippen LogP) is 1.86. The van der Waals surface area contributed by atoms with Gasteiger partial charge in [-0.1, -0.05) is 20.8 Å². The molecular formula is C15H30N2OS. The van der Waals surface area contributed by atoms with Crippen LogP contribution in [0.2, 0.25) is 0 Å². The van der Waals surface area contributed by atoms with Gasteiger partial charge in [0.1, 0.15) is 0 Å². The number of hydrogen-bond donors (Lipinski definition) is 1. The fourth-order valence-corrected chi connectivity index (χ4v) is 4.77. The molecule has 1 aliphatic carbocycles. The summed E-state index contributed by atoms with van der Waals surface area (Å²) < 4.78 is 11.4. The Morgan fingerprint density at radius 3 is 2.63 bits per heavy atom. The van der Waals surface area contributed by atoms with Gasteiger partial charge in [0.15, 0.2) is 0 Å². The van der Waals surface area contributed by atoms with Crippen molar-refractivity contribution < 1.29 is 4.21 Å². The minimum Gasteiger partial charge on any atom is -0.313 e. The van der Waals surface area contributed by atoms with Crippen LogP contribution in [-0.2, 0) is 10.8 Å². The van der Waals surface area contributed by atoms with Crippen molar-refractivity contribution in [2.45, 2.75) is 46.1 Å². The fourth-order valence-electron chi connectivity index (χ4n) is 3.65. The van der Waals surface area contributed by atoms with Crippen LogP contribution in [0.3, 0.4) is 0 Å². The van der Waals surface area contributed by atoms with Crippen molar-refractivity contribution in [1.29, 1.82) is 0 Å². The first-order valence-corrected chi connectivity index (χ1v) is 9.32. The number of hydrogen-bond acceptors (Lipinski definition) is 3. The first kappa shape index (κ1) is 15.5. The van der Waals surface area contributed by atoms with Crippen LogP contribution in [-0.4, -0.2) is 52.8 Å². The zero-order valence-electron chi connectivity index (χ0n) is 12.8. The summed E-state index contributed by atoms with van der Waals surface area (Å²) in [5.74, 6) is 2.53. The van der Waals surface area contributed by atoms with Crippen molar-refractivity contribution in [3.63, 3.8) is 0 Å². The van der Waals surface area contributed by atoms with Crippen LogP contribution in [0.4, 0.5) is 0 Å². The smallest absolute Gasteiger partial charge is 0.0363 e. The Kier molecular flexibility index (Phi) is 5.44. The topological polar surface area (TPSA) is 32.3 Å². The third-order valence-electron chi connectivity index (χ3n) is 4.85. The van der Waals surface area contributed by atoms with E-state index in [0.29, 0.717) is 11.5 Å². The lowest BCUT2D eigenvalue weighted by atomic mass is 9.84. The van der Waals surface area contributed by atoms with Gasteiger partial charge in [-0.15, -0.1) is 0 Å². The molecule has 1 saturated carbocycles. The van der Waals surface area contributed by atoms with E-state index in [1.807, 2.05) is 0 Å². The summed E-state index contributed by atoms with van der Waals surface area (Å²) in [6.07, 6.45) is 3.88. The maximum absolute atomic E-state index is 11.4. The molecule has 2 aliphatic rings. The zero-order valence-corrected chi connectivity index (χ0v) is 13.6. The zero-order chi connectivity index (χ0) is 13.9. The second-order valence-electron chi connectivity index (χ2n) is 6.87. The molecule has 0 amide bonds. The molecule has 2 unspecified atom stereocenters. The molecule has 1 aliphatic heterocycles. The van der Waals surface area contributed by atoms with E-state index in [2.05, 4.69) is 31.0 Å². The Bertz CT molecular complexity index is 309. The average Bonchev–Trinajstić information content (AvgIpc) is 2.65. The first-order chi connectivity index (χ1) is 9.03. The summed E-state index contributed by atoms with van der Waals surface area (Å²) in [7, 11) is -0.550. The van der Waals surface area contributed by atoms with Gasteiger partial charge < -0.3 is 10.2 Å². The Balaban J connectivity index is 1.89. The van der Waals surface area contributed by atoms with Crippen molar-refractivity contribution in [3.8, 4) is 0 Å². The Morgan fingerprint density at radius 2 is 2.00 bits per heavy atom. The minimum atomic E-state index is -0.550. The summed E-state index contributed by atoms with van der Waals surface area (Å²) in [4.78, 5) is 2.54. The number of nitrogens with zero attached hydrogens (tertiary/aromatic N) is 1. The second kappa shape index (κ2) is 6.68. The van der Waals surface area contributed by atoms with Crippen LogP contribution in [0, 0.1) is 11.3 Å². The molecule has 0 aromatic heterocycles. The average molecular weight is 286 g/mol. The highest BCUT2D eigenvalue weighted by Crippen LogP contribution is 2.41. The summed E-state index contributed by atoms with van der Waals surface area (Å²) in [5, 5.41) is 3.78. The molecule has 19 heavy (non-hydrogen) atoms. The van der Waals surface area contributed by atoms with Crippen LogP contribution in [0.5, 0.6) is 0 Å². The Labute approximate surface area is 121 Å². The van der Waals surface area contributed by atoms with Crippen LogP contribution in [0.25, 0.3) is 0 Å². The monoisotopic (exact) mass is 286 g/mol. The van der Waals surface area contributed by atoms with Crippen LogP contribution in [0.15, 0.2) is 0 Å². The SMILES string of the molecule is CCCNC1C(CN2CCS(=O)CC2)CCC1(C)C. The van der Waals surface area contributed by atoms with Gasteiger partial charge in [0.25, 0.3) is 0 Å². The van der Waals surface area contributed by atoms with E-state index in [4.69, 9.17) is 0 Å². The van der Waals surface area contributed by atoms with Gasteiger partial charge in [-0.25, -0.2) is 0 Å². The minimum absolute atomic E-state index is 0.429. The summed E-state index contributed by atoms with van der Waals surface area (Å²) in [5.41, 5.74) is 0.429. The number of rotatable bonds is 5. The van der Waals surface area contributed by atoms with Crippen molar-refractivity contribution in [1.82, 2.24) is 10.2 Å². The quantitative estimate of drug-likeness (QED) is 0.837. The van der Waals surface area contributed by atoms with Crippen LogP contribution in [0.1, 0.15) is 40.0 Å². The van der Waals surface area contributed by atoms with Gasteiger partial charge in [-0.3, -0.25) is 4.21 Å². The molecular weight excluding hydrogens is 256 g/mol. The molecule has 0 radical (unpaired) electrons. The van der Waals surface area contributed by atoms with E-state index in [1.165, 1.54) is 25.8 Å². The second-order valence-corrected chi connectivity index (χ2v) is 8.56. The highest BCUT2D eigenvalue weighted by atomic mass is 32.2. The molecule has 1 saturated heterocycles. The molecule has 0 spiro atoms. The Morgan fingerprint density at radius 1 is 1.32 bits per heavy atom. The molecule has 0 bridgehead atoms. The lowest BCUT2D eigenvalue weighted by molar-refractivity contribution is 0.192. The predicted molar refractivity (Wildman–Crippen MR) is 82.9 cm³/mol. The molecule has 4 heteroatoms. The van der Waals surface area contributed by atoms with Crippen molar-refractivity contribution in [2.24, 2.45) is 11.3 Å². The van der Waals surface area contributed by atoms with Gasteiger partial charge in [0, 0.05) is 48.0 Å².